The van der Waals surface area contributed by atoms with Gasteiger partial charge in [0.25, 0.3) is 0 Å². The van der Waals surface area contributed by atoms with Crippen molar-refractivity contribution < 1.29 is 26.3 Å². The van der Waals surface area contributed by atoms with Crippen LogP contribution in [0.1, 0.15) is 11.1 Å². The standard InChI is InChI=1S/C15H9ClF6N2S/c16-11-5-4-9(15(20,21)22)7-12(11)24-13(25)23-10-3-1-2-8(6-10)14(17,18)19/h1-7H,(H2,23,24,25). The summed E-state index contributed by atoms with van der Waals surface area (Å²) >= 11 is 10.7. The minimum Gasteiger partial charge on any atom is -0.332 e. The molecule has 2 rings (SSSR count). The second-order valence-electron chi connectivity index (χ2n) is 4.85. The van der Waals surface area contributed by atoms with Gasteiger partial charge in [-0.05, 0) is 48.6 Å². The normalized spacial score (nSPS) is 12.0. The first-order valence-corrected chi connectivity index (χ1v) is 7.37. The first-order valence-electron chi connectivity index (χ1n) is 6.59. The molecule has 0 atom stereocenters. The molecule has 10 heteroatoms. The van der Waals surface area contributed by atoms with Crippen molar-refractivity contribution in [3.05, 3.63) is 58.6 Å². The molecule has 0 fully saturated rings. The van der Waals surface area contributed by atoms with E-state index < -0.39 is 23.5 Å². The summed E-state index contributed by atoms with van der Waals surface area (Å²) in [4.78, 5) is 0. The Balaban J connectivity index is 2.16. The number of halogens is 7. The number of benzene rings is 2. The number of alkyl halides is 6. The summed E-state index contributed by atoms with van der Waals surface area (Å²) in [7, 11) is 0. The molecule has 0 saturated heterocycles. The lowest BCUT2D eigenvalue weighted by molar-refractivity contribution is -0.138. The van der Waals surface area contributed by atoms with E-state index >= 15 is 0 Å². The molecule has 2 aromatic rings. The maximum Gasteiger partial charge on any atom is 0.416 e. The molecule has 0 spiro atoms. The van der Waals surface area contributed by atoms with Crippen LogP contribution in [0.2, 0.25) is 5.02 Å². The Morgan fingerprint density at radius 1 is 0.840 bits per heavy atom. The van der Waals surface area contributed by atoms with Gasteiger partial charge >= 0.3 is 12.4 Å². The minimum atomic E-state index is -4.57. The molecule has 0 radical (unpaired) electrons. The highest BCUT2D eigenvalue weighted by Crippen LogP contribution is 2.34. The summed E-state index contributed by atoms with van der Waals surface area (Å²) in [5, 5.41) is 4.67. The summed E-state index contributed by atoms with van der Waals surface area (Å²) in [6.45, 7) is 0. The van der Waals surface area contributed by atoms with Crippen LogP contribution in [-0.4, -0.2) is 5.11 Å². The van der Waals surface area contributed by atoms with E-state index in [4.69, 9.17) is 23.8 Å². The van der Waals surface area contributed by atoms with Gasteiger partial charge in [0, 0.05) is 5.69 Å². The fourth-order valence-electron chi connectivity index (χ4n) is 1.86. The summed E-state index contributed by atoms with van der Waals surface area (Å²) in [5.41, 5.74) is -1.94. The highest BCUT2D eigenvalue weighted by molar-refractivity contribution is 7.80. The molecule has 0 aliphatic rings. The van der Waals surface area contributed by atoms with Gasteiger partial charge in [0.2, 0.25) is 0 Å². The van der Waals surface area contributed by atoms with Crippen LogP contribution in [0.3, 0.4) is 0 Å². The second-order valence-corrected chi connectivity index (χ2v) is 5.67. The van der Waals surface area contributed by atoms with Gasteiger partial charge in [0.1, 0.15) is 0 Å². The molecule has 2 aromatic carbocycles. The van der Waals surface area contributed by atoms with Crippen LogP contribution in [-0.2, 0) is 12.4 Å². The summed E-state index contributed by atoms with van der Waals surface area (Å²) in [6, 6.07) is 6.80. The van der Waals surface area contributed by atoms with Gasteiger partial charge in [-0.2, -0.15) is 26.3 Å². The Kier molecular flexibility index (Phi) is 5.48. The number of hydrogen-bond acceptors (Lipinski definition) is 1. The number of anilines is 2. The zero-order chi connectivity index (χ0) is 18.8. The maximum absolute atomic E-state index is 12.7. The van der Waals surface area contributed by atoms with Crippen molar-refractivity contribution in [2.45, 2.75) is 12.4 Å². The van der Waals surface area contributed by atoms with Crippen molar-refractivity contribution in [3.63, 3.8) is 0 Å². The van der Waals surface area contributed by atoms with Crippen LogP contribution in [0.5, 0.6) is 0 Å². The molecule has 0 amide bonds. The van der Waals surface area contributed by atoms with Gasteiger partial charge in [-0.15, -0.1) is 0 Å². The van der Waals surface area contributed by atoms with Crippen molar-refractivity contribution in [1.82, 2.24) is 0 Å². The van der Waals surface area contributed by atoms with Gasteiger partial charge in [-0.3, -0.25) is 0 Å². The third-order valence-electron chi connectivity index (χ3n) is 2.99. The van der Waals surface area contributed by atoms with Crippen molar-refractivity contribution in [2.24, 2.45) is 0 Å². The highest BCUT2D eigenvalue weighted by Gasteiger charge is 2.31. The van der Waals surface area contributed by atoms with Crippen LogP contribution in [0.25, 0.3) is 0 Å². The molecule has 2 N–H and O–H groups in total. The molecule has 0 saturated carbocycles. The molecule has 0 aromatic heterocycles. The Labute approximate surface area is 148 Å². The van der Waals surface area contributed by atoms with E-state index in [1.165, 1.54) is 12.1 Å². The predicted molar refractivity (Wildman–Crippen MR) is 87.7 cm³/mol. The number of rotatable bonds is 2. The monoisotopic (exact) mass is 398 g/mol. The quantitative estimate of drug-likeness (QED) is 0.466. The van der Waals surface area contributed by atoms with E-state index in [0.29, 0.717) is 0 Å². The Hall–Kier alpha value is -2.00. The highest BCUT2D eigenvalue weighted by atomic mass is 35.5. The summed E-state index contributed by atoms with van der Waals surface area (Å²) in [5.74, 6) is 0. The van der Waals surface area contributed by atoms with Gasteiger partial charge in [-0.25, -0.2) is 0 Å². The molecule has 0 aliphatic heterocycles. The Morgan fingerprint density at radius 2 is 1.44 bits per heavy atom. The SMILES string of the molecule is FC(F)(F)c1cccc(NC(=S)Nc2cc(C(F)(F)F)ccc2Cl)c1. The van der Waals surface area contributed by atoms with Gasteiger partial charge in [-0.1, -0.05) is 17.7 Å². The Bertz CT molecular complexity index is 788. The van der Waals surface area contributed by atoms with Crippen LogP contribution >= 0.6 is 23.8 Å². The molecule has 2 nitrogen and oxygen atoms in total. The van der Waals surface area contributed by atoms with E-state index in [2.05, 4.69) is 10.6 Å². The van der Waals surface area contributed by atoms with E-state index in [9.17, 15) is 26.3 Å². The van der Waals surface area contributed by atoms with Crippen molar-refractivity contribution in [2.75, 3.05) is 10.6 Å². The molecule has 134 valence electrons. The van der Waals surface area contributed by atoms with Crippen LogP contribution in [0.4, 0.5) is 37.7 Å². The molecular formula is C15H9ClF6N2S. The van der Waals surface area contributed by atoms with Crippen LogP contribution < -0.4 is 10.6 Å². The molecule has 0 heterocycles. The molecular weight excluding hydrogens is 390 g/mol. The lowest BCUT2D eigenvalue weighted by atomic mass is 10.2. The van der Waals surface area contributed by atoms with E-state index in [0.717, 1.165) is 30.3 Å². The maximum atomic E-state index is 12.7. The first-order chi connectivity index (χ1) is 11.5. The number of hydrogen-bond donors (Lipinski definition) is 2. The fraction of sp³-hybridized carbons (Fsp3) is 0.133. The third kappa shape index (κ3) is 5.23. The largest absolute Gasteiger partial charge is 0.416 e. The fourth-order valence-corrected chi connectivity index (χ4v) is 2.25. The van der Waals surface area contributed by atoms with Gasteiger partial charge in [0.05, 0.1) is 21.8 Å². The topological polar surface area (TPSA) is 24.1 Å². The second kappa shape index (κ2) is 7.09. The zero-order valence-corrected chi connectivity index (χ0v) is 13.7. The predicted octanol–water partition coefficient (Wildman–Crippen LogP) is 6.19. The van der Waals surface area contributed by atoms with E-state index in [-0.39, 0.29) is 21.5 Å². The molecule has 0 aliphatic carbocycles. The summed E-state index contributed by atoms with van der Waals surface area (Å²) in [6.07, 6.45) is -9.10. The van der Waals surface area contributed by atoms with Gasteiger partial charge in [0.15, 0.2) is 5.11 Å². The lowest BCUT2D eigenvalue weighted by Gasteiger charge is -2.15. The lowest BCUT2D eigenvalue weighted by Crippen LogP contribution is -2.20. The van der Waals surface area contributed by atoms with Crippen molar-refractivity contribution in [3.8, 4) is 0 Å². The molecule has 0 unspecified atom stereocenters. The summed E-state index contributed by atoms with van der Waals surface area (Å²) < 4.78 is 76.1. The Morgan fingerprint density at radius 3 is 2.04 bits per heavy atom. The first kappa shape index (κ1) is 19.3. The molecule has 25 heavy (non-hydrogen) atoms. The van der Waals surface area contributed by atoms with Crippen molar-refractivity contribution >= 4 is 40.3 Å². The smallest absolute Gasteiger partial charge is 0.332 e. The van der Waals surface area contributed by atoms with E-state index in [1.807, 2.05) is 0 Å². The number of nitrogens with one attached hydrogen (secondary N) is 2. The zero-order valence-electron chi connectivity index (χ0n) is 12.1. The van der Waals surface area contributed by atoms with Gasteiger partial charge < -0.3 is 10.6 Å². The number of thiocarbonyl (C=S) groups is 1. The van der Waals surface area contributed by atoms with E-state index in [1.54, 1.807) is 0 Å². The van der Waals surface area contributed by atoms with Crippen LogP contribution in [0.15, 0.2) is 42.5 Å². The minimum absolute atomic E-state index is 0.0235. The average Bonchev–Trinajstić information content (AvgIpc) is 2.47. The molecule has 0 bridgehead atoms. The van der Waals surface area contributed by atoms with Crippen LogP contribution in [0, 0.1) is 0 Å². The van der Waals surface area contributed by atoms with Crippen molar-refractivity contribution in [1.29, 1.82) is 0 Å². The third-order valence-corrected chi connectivity index (χ3v) is 3.52. The average molecular weight is 399 g/mol.